The zero-order valence-corrected chi connectivity index (χ0v) is 13.4. The van der Waals surface area contributed by atoms with Crippen LogP contribution >= 0.6 is 0 Å². The molecule has 2 heterocycles. The van der Waals surface area contributed by atoms with Gasteiger partial charge in [0.25, 0.3) is 0 Å². The molecular formula is C14H18F3N3O4. The van der Waals surface area contributed by atoms with Crippen LogP contribution in [-0.4, -0.2) is 49.9 Å². The van der Waals surface area contributed by atoms with Gasteiger partial charge in [-0.3, -0.25) is 4.90 Å². The van der Waals surface area contributed by atoms with Crippen molar-refractivity contribution in [2.45, 2.75) is 51.6 Å². The molecule has 10 heteroatoms. The normalized spacial score (nSPS) is 18.2. The quantitative estimate of drug-likeness (QED) is 0.887. The molecular weight excluding hydrogens is 331 g/mol. The molecule has 1 atom stereocenters. The molecule has 0 bridgehead atoms. The molecule has 1 aromatic rings. The van der Waals surface area contributed by atoms with Crippen LogP contribution in [0.2, 0.25) is 0 Å². The number of hydrogen-bond acceptors (Lipinski definition) is 4. The summed E-state index contributed by atoms with van der Waals surface area (Å²) in [6, 6.07) is -1.27. The molecule has 1 aliphatic heterocycles. The minimum absolute atomic E-state index is 0.0822. The smallest absolute Gasteiger partial charge is 0.410 e. The van der Waals surface area contributed by atoms with Crippen molar-refractivity contribution in [1.82, 2.24) is 14.5 Å². The number of aromatic nitrogens is 2. The van der Waals surface area contributed by atoms with E-state index < -0.39 is 36.3 Å². The number of fused-ring (bicyclic) bond motifs is 1. The van der Waals surface area contributed by atoms with E-state index >= 15 is 0 Å². The number of carbonyl (C=O) groups is 2. The lowest BCUT2D eigenvalue weighted by Gasteiger charge is -2.35. The van der Waals surface area contributed by atoms with Crippen LogP contribution in [0.15, 0.2) is 6.20 Å². The minimum atomic E-state index is -4.51. The highest BCUT2D eigenvalue weighted by molar-refractivity contribution is 5.85. The Kier molecular flexibility index (Phi) is 4.51. The van der Waals surface area contributed by atoms with Crippen LogP contribution in [0.3, 0.4) is 0 Å². The number of carboxylic acids is 1. The first-order chi connectivity index (χ1) is 10.9. The first-order valence-electron chi connectivity index (χ1n) is 7.21. The molecule has 134 valence electrons. The second-order valence-electron chi connectivity index (χ2n) is 6.57. The molecule has 24 heavy (non-hydrogen) atoms. The molecule has 0 saturated carbocycles. The van der Waals surface area contributed by atoms with Gasteiger partial charge < -0.3 is 14.4 Å². The number of hydrogen-bond donors (Lipinski definition) is 1. The average molecular weight is 349 g/mol. The highest BCUT2D eigenvalue weighted by Crippen LogP contribution is 2.33. The third-order valence-corrected chi connectivity index (χ3v) is 3.34. The van der Waals surface area contributed by atoms with Crippen molar-refractivity contribution < 1.29 is 32.6 Å². The van der Waals surface area contributed by atoms with Crippen LogP contribution < -0.4 is 0 Å². The van der Waals surface area contributed by atoms with E-state index in [0.717, 1.165) is 15.7 Å². The Morgan fingerprint density at radius 1 is 1.38 bits per heavy atom. The zero-order chi connectivity index (χ0) is 18.3. The molecule has 1 aromatic heterocycles. The van der Waals surface area contributed by atoms with Crippen LogP contribution in [0, 0.1) is 0 Å². The summed E-state index contributed by atoms with van der Waals surface area (Å²) in [6.07, 6.45) is -5.55. The van der Waals surface area contributed by atoms with Crippen molar-refractivity contribution >= 4 is 12.1 Å². The fourth-order valence-electron chi connectivity index (χ4n) is 2.54. The zero-order valence-electron chi connectivity index (χ0n) is 13.4. The maximum atomic E-state index is 12.9. The molecule has 0 spiro atoms. The summed E-state index contributed by atoms with van der Waals surface area (Å²) in [7, 11) is 0. The van der Waals surface area contributed by atoms with Gasteiger partial charge in [-0.15, -0.1) is 0 Å². The fourth-order valence-corrected chi connectivity index (χ4v) is 2.54. The van der Waals surface area contributed by atoms with Crippen molar-refractivity contribution in [3.05, 3.63) is 17.7 Å². The molecule has 0 saturated heterocycles. The van der Waals surface area contributed by atoms with E-state index in [0.29, 0.717) is 0 Å². The molecule has 2 rings (SSSR count). The van der Waals surface area contributed by atoms with Crippen LogP contribution in [0.25, 0.3) is 0 Å². The summed E-state index contributed by atoms with van der Waals surface area (Å²) in [5.41, 5.74) is -1.13. The summed E-state index contributed by atoms with van der Waals surface area (Å²) in [5, 5.41) is 9.13. The number of carbonyl (C=O) groups excluding carboxylic acids is 1. The molecule has 1 aliphatic rings. The van der Waals surface area contributed by atoms with Crippen LogP contribution in [0.1, 0.15) is 49.5 Å². The third kappa shape index (κ3) is 4.18. The van der Waals surface area contributed by atoms with Gasteiger partial charge in [-0.05, 0) is 20.8 Å². The van der Waals surface area contributed by atoms with Crippen LogP contribution in [0.5, 0.6) is 0 Å². The molecule has 0 aliphatic carbocycles. The first-order valence-corrected chi connectivity index (χ1v) is 7.21. The first kappa shape index (κ1) is 18.1. The second-order valence-corrected chi connectivity index (χ2v) is 6.57. The number of nitrogens with zero attached hydrogens (tertiary/aromatic N) is 3. The number of halogens is 3. The second kappa shape index (κ2) is 5.99. The number of imidazole rings is 1. The number of alkyl halides is 3. The van der Waals surface area contributed by atoms with Crippen molar-refractivity contribution in [2.24, 2.45) is 0 Å². The average Bonchev–Trinajstić information content (AvgIpc) is 2.78. The lowest BCUT2D eigenvalue weighted by atomic mass is 10.1. The molecule has 0 fully saturated rings. The van der Waals surface area contributed by atoms with E-state index in [1.807, 2.05) is 0 Å². The van der Waals surface area contributed by atoms with Crippen LogP contribution in [-0.2, 0) is 11.3 Å². The van der Waals surface area contributed by atoms with E-state index in [9.17, 15) is 22.8 Å². The summed E-state index contributed by atoms with van der Waals surface area (Å²) < 4.78 is 44.8. The Morgan fingerprint density at radius 3 is 2.50 bits per heavy atom. The van der Waals surface area contributed by atoms with Crippen LogP contribution in [0.4, 0.5) is 18.0 Å². The van der Waals surface area contributed by atoms with E-state index in [4.69, 9.17) is 9.84 Å². The highest BCUT2D eigenvalue weighted by atomic mass is 19.4. The number of ether oxygens (including phenoxy) is 1. The van der Waals surface area contributed by atoms with E-state index in [2.05, 4.69) is 4.98 Å². The van der Waals surface area contributed by atoms with Crippen molar-refractivity contribution in [1.29, 1.82) is 0 Å². The highest BCUT2D eigenvalue weighted by Gasteiger charge is 2.40. The van der Waals surface area contributed by atoms with E-state index in [1.54, 1.807) is 20.8 Å². The molecule has 0 radical (unpaired) electrons. The maximum absolute atomic E-state index is 12.9. The van der Waals surface area contributed by atoms with Crippen molar-refractivity contribution in [3.63, 3.8) is 0 Å². The number of carboxylic acid groups (broad SMARTS) is 1. The minimum Gasteiger partial charge on any atom is -0.477 e. The van der Waals surface area contributed by atoms with Crippen molar-refractivity contribution in [3.8, 4) is 0 Å². The van der Waals surface area contributed by atoms with E-state index in [-0.39, 0.29) is 24.6 Å². The Morgan fingerprint density at radius 2 is 2.00 bits per heavy atom. The molecule has 1 N–H and O–H groups in total. The Labute approximate surface area is 136 Å². The monoisotopic (exact) mass is 349 g/mol. The van der Waals surface area contributed by atoms with Gasteiger partial charge in [-0.1, -0.05) is 0 Å². The lowest BCUT2D eigenvalue weighted by Crippen LogP contribution is -2.45. The van der Waals surface area contributed by atoms with Gasteiger partial charge in [0.1, 0.15) is 17.1 Å². The Balaban J connectivity index is 2.33. The molecule has 1 amide bonds. The van der Waals surface area contributed by atoms with Gasteiger partial charge in [0, 0.05) is 6.54 Å². The molecule has 7 nitrogen and oxygen atoms in total. The lowest BCUT2D eigenvalue weighted by molar-refractivity contribution is -0.145. The van der Waals surface area contributed by atoms with Gasteiger partial charge in [0.2, 0.25) is 0 Å². The summed E-state index contributed by atoms with van der Waals surface area (Å²) in [4.78, 5) is 28.3. The number of aromatic carboxylic acids is 1. The molecule has 1 unspecified atom stereocenters. The van der Waals surface area contributed by atoms with Gasteiger partial charge in [-0.25, -0.2) is 14.6 Å². The Bertz CT molecular complexity index is 649. The summed E-state index contributed by atoms with van der Waals surface area (Å²) in [6.45, 7) is 4.51. The standard InChI is InChI=1S/C14H18F3N3O4/c1-13(2,3)24-12(23)19-6-8(4-14(15,16)17)20-9(11(21)22)5-18-10(20)7-19/h5,8H,4,6-7H2,1-3H3,(H,21,22). The van der Waals surface area contributed by atoms with Crippen molar-refractivity contribution in [2.75, 3.05) is 6.54 Å². The Hall–Kier alpha value is -2.26. The predicted molar refractivity (Wildman–Crippen MR) is 75.5 cm³/mol. The summed E-state index contributed by atoms with van der Waals surface area (Å²) >= 11 is 0. The van der Waals surface area contributed by atoms with Gasteiger partial charge >= 0.3 is 18.2 Å². The number of rotatable bonds is 2. The van der Waals surface area contributed by atoms with Gasteiger partial charge in [0.15, 0.2) is 0 Å². The SMILES string of the molecule is CC(C)(C)OC(=O)N1Cc2ncc(C(=O)O)n2C(CC(F)(F)F)C1. The topological polar surface area (TPSA) is 84.7 Å². The molecule has 0 aromatic carbocycles. The third-order valence-electron chi connectivity index (χ3n) is 3.34. The van der Waals surface area contributed by atoms with E-state index in [1.165, 1.54) is 0 Å². The van der Waals surface area contributed by atoms with Gasteiger partial charge in [-0.2, -0.15) is 13.2 Å². The summed E-state index contributed by atoms with van der Waals surface area (Å²) in [5.74, 6) is -1.29. The number of amides is 1. The maximum Gasteiger partial charge on any atom is 0.410 e. The van der Waals surface area contributed by atoms with Gasteiger partial charge in [0.05, 0.1) is 25.2 Å². The largest absolute Gasteiger partial charge is 0.477 e. The predicted octanol–water partition coefficient (Wildman–Crippen LogP) is 2.83. The fraction of sp³-hybridized carbons (Fsp3) is 0.643.